The Morgan fingerprint density at radius 2 is 1.58 bits per heavy atom. The van der Waals surface area contributed by atoms with Gasteiger partial charge in [-0.15, -0.1) is 0 Å². The van der Waals surface area contributed by atoms with Crippen LogP contribution in [0.15, 0.2) is 11.6 Å². The Kier molecular flexibility index (Phi) is 6.53. The lowest BCUT2D eigenvalue weighted by molar-refractivity contribution is -0.0775. The summed E-state index contributed by atoms with van der Waals surface area (Å²) in [6.45, 7) is 20.0. The highest BCUT2D eigenvalue weighted by Gasteiger charge is 2.59. The fourth-order valence-corrected chi connectivity index (χ4v) is 9.54. The van der Waals surface area contributed by atoms with Crippen molar-refractivity contribution in [1.29, 1.82) is 0 Å². The molecule has 3 unspecified atom stereocenters. The summed E-state index contributed by atoms with van der Waals surface area (Å²) in [5, 5.41) is 10.5. The largest absolute Gasteiger partial charge is 0.393 e. The second kappa shape index (κ2) is 8.48. The fourth-order valence-electron chi connectivity index (χ4n) is 9.54. The van der Waals surface area contributed by atoms with Crippen LogP contribution in [-0.4, -0.2) is 11.2 Å². The molecule has 0 amide bonds. The van der Waals surface area contributed by atoms with E-state index in [1.54, 1.807) is 0 Å². The van der Waals surface area contributed by atoms with Gasteiger partial charge in [-0.1, -0.05) is 67.0 Å². The van der Waals surface area contributed by atoms with E-state index in [1.165, 1.54) is 44.9 Å². The molecule has 3 fully saturated rings. The molecule has 0 saturated heterocycles. The molecule has 0 heterocycles. The minimum Gasteiger partial charge on any atom is -0.393 e. The zero-order chi connectivity index (χ0) is 22.7. The third kappa shape index (κ3) is 3.77. The summed E-state index contributed by atoms with van der Waals surface area (Å²) >= 11 is 0. The van der Waals surface area contributed by atoms with Gasteiger partial charge in [-0.3, -0.25) is 0 Å². The van der Waals surface area contributed by atoms with E-state index in [0.717, 1.165) is 47.8 Å². The molecule has 178 valence electrons. The summed E-state index contributed by atoms with van der Waals surface area (Å²) in [5.74, 6) is 6.96. The van der Waals surface area contributed by atoms with Gasteiger partial charge in [-0.05, 0) is 115 Å². The lowest BCUT2D eigenvalue weighted by Gasteiger charge is -2.59. The number of aliphatic hydroxyl groups excluding tert-OH is 1. The highest BCUT2D eigenvalue weighted by atomic mass is 16.3. The van der Waals surface area contributed by atoms with Gasteiger partial charge < -0.3 is 5.11 Å². The van der Waals surface area contributed by atoms with E-state index in [9.17, 15) is 5.11 Å². The highest BCUT2D eigenvalue weighted by molar-refractivity contribution is 5.28. The maximum Gasteiger partial charge on any atom is 0.0568 e. The van der Waals surface area contributed by atoms with Crippen LogP contribution in [0.1, 0.15) is 107 Å². The van der Waals surface area contributed by atoms with Crippen LogP contribution in [0.2, 0.25) is 0 Å². The van der Waals surface area contributed by atoms with Gasteiger partial charge in [0.1, 0.15) is 0 Å². The zero-order valence-corrected chi connectivity index (χ0v) is 22.0. The molecule has 0 aliphatic heterocycles. The summed E-state index contributed by atoms with van der Waals surface area (Å²) in [7, 11) is 0. The third-order valence-corrected chi connectivity index (χ3v) is 12.0. The van der Waals surface area contributed by atoms with Crippen LogP contribution < -0.4 is 0 Å². The molecule has 4 aliphatic carbocycles. The lowest BCUT2D eigenvalue weighted by Crippen LogP contribution is -2.52. The Morgan fingerprint density at radius 1 is 0.935 bits per heavy atom. The summed E-state index contributed by atoms with van der Waals surface area (Å²) in [6, 6.07) is 0. The monoisotopic (exact) mass is 428 g/mol. The first-order chi connectivity index (χ1) is 14.5. The van der Waals surface area contributed by atoms with Gasteiger partial charge in [-0.25, -0.2) is 0 Å². The summed E-state index contributed by atoms with van der Waals surface area (Å²) in [4.78, 5) is 0. The Morgan fingerprint density at radius 3 is 2.26 bits per heavy atom. The van der Waals surface area contributed by atoms with Gasteiger partial charge in [0, 0.05) is 0 Å². The summed E-state index contributed by atoms with van der Waals surface area (Å²) in [6.07, 6.45) is 13.2. The predicted octanol–water partition coefficient (Wildman–Crippen LogP) is 8.13. The third-order valence-electron chi connectivity index (χ3n) is 12.0. The normalized spacial score (nSPS) is 47.7. The van der Waals surface area contributed by atoms with E-state index >= 15 is 0 Å². The maximum absolute atomic E-state index is 10.5. The Hall–Kier alpha value is -0.300. The minimum absolute atomic E-state index is 0.0752. The van der Waals surface area contributed by atoms with Gasteiger partial charge in [0.15, 0.2) is 0 Å². The van der Waals surface area contributed by atoms with Crippen molar-refractivity contribution in [1.82, 2.24) is 0 Å². The zero-order valence-electron chi connectivity index (χ0n) is 22.0. The van der Waals surface area contributed by atoms with Crippen molar-refractivity contribution in [2.45, 2.75) is 113 Å². The van der Waals surface area contributed by atoms with Crippen molar-refractivity contribution in [3.05, 3.63) is 11.6 Å². The van der Waals surface area contributed by atoms with Crippen molar-refractivity contribution >= 4 is 0 Å². The highest BCUT2D eigenvalue weighted by Crippen LogP contribution is 2.67. The van der Waals surface area contributed by atoms with Gasteiger partial charge in [-0.2, -0.15) is 0 Å². The first-order valence-electron chi connectivity index (χ1n) is 13.9. The van der Waals surface area contributed by atoms with Crippen molar-refractivity contribution in [2.24, 2.45) is 64.1 Å². The molecule has 0 spiro atoms. The second-order valence-electron chi connectivity index (χ2n) is 13.6. The second-order valence-corrected chi connectivity index (χ2v) is 13.6. The average Bonchev–Trinajstić information content (AvgIpc) is 3.07. The van der Waals surface area contributed by atoms with Crippen molar-refractivity contribution < 1.29 is 5.11 Å². The number of allylic oxidation sites excluding steroid dienone is 2. The molecule has 3 saturated carbocycles. The van der Waals surface area contributed by atoms with E-state index in [-0.39, 0.29) is 6.10 Å². The number of hydrogen-bond acceptors (Lipinski definition) is 1. The van der Waals surface area contributed by atoms with E-state index in [2.05, 4.69) is 61.5 Å². The van der Waals surface area contributed by atoms with Gasteiger partial charge in [0.25, 0.3) is 0 Å². The molecule has 4 aliphatic rings. The first kappa shape index (κ1) is 23.8. The van der Waals surface area contributed by atoms with Crippen LogP contribution in [0.5, 0.6) is 0 Å². The predicted molar refractivity (Wildman–Crippen MR) is 133 cm³/mol. The molecule has 0 aromatic heterocycles. The van der Waals surface area contributed by atoms with E-state index in [0.29, 0.717) is 22.7 Å². The fraction of sp³-hybridized carbons (Fsp3) is 0.933. The van der Waals surface area contributed by atoms with Crippen LogP contribution in [0.3, 0.4) is 0 Å². The van der Waals surface area contributed by atoms with Crippen molar-refractivity contribution in [3.8, 4) is 0 Å². The number of hydrogen-bond donors (Lipinski definition) is 1. The molecular weight excluding hydrogens is 376 g/mol. The molecule has 0 aromatic rings. The van der Waals surface area contributed by atoms with Crippen LogP contribution in [0, 0.1) is 64.1 Å². The van der Waals surface area contributed by atoms with E-state index < -0.39 is 0 Å². The maximum atomic E-state index is 10.5. The number of rotatable bonds is 5. The van der Waals surface area contributed by atoms with E-state index in [4.69, 9.17) is 0 Å². The van der Waals surface area contributed by atoms with Crippen molar-refractivity contribution in [3.63, 3.8) is 0 Å². The molecule has 0 aromatic carbocycles. The molecule has 4 rings (SSSR count). The lowest BCUT2D eigenvalue weighted by atomic mass is 9.46. The average molecular weight is 429 g/mol. The first-order valence-corrected chi connectivity index (χ1v) is 13.9. The molecule has 1 heteroatoms. The number of fused-ring (bicyclic) bond motifs is 5. The molecule has 0 radical (unpaired) electrons. The van der Waals surface area contributed by atoms with Crippen molar-refractivity contribution in [2.75, 3.05) is 0 Å². The minimum atomic E-state index is -0.0752. The molecule has 31 heavy (non-hydrogen) atoms. The van der Waals surface area contributed by atoms with Gasteiger partial charge in [0.2, 0.25) is 0 Å². The molecule has 1 nitrogen and oxygen atoms in total. The quantitative estimate of drug-likeness (QED) is 0.438. The van der Waals surface area contributed by atoms with Crippen LogP contribution in [0.25, 0.3) is 0 Å². The Bertz CT molecular complexity index is 678. The summed E-state index contributed by atoms with van der Waals surface area (Å²) < 4.78 is 0. The standard InChI is InChI=1S/C30H52O/c1-18(2)21(5)19(3)17-20(4)24-11-12-26-23-9-10-25-22(6)28(31)14-16-30(25,8)27(23)13-15-29(24,26)7/h9,18-22,24-28,31H,10-17H2,1-8H3/t19?,20-,21?,22?,24-,25+,26+,27+,28+,29-,30+/m1/s1. The topological polar surface area (TPSA) is 20.2 Å². The number of aliphatic hydroxyl groups is 1. The molecule has 1 N–H and O–H groups in total. The summed E-state index contributed by atoms with van der Waals surface area (Å²) in [5.41, 5.74) is 2.81. The molecule has 11 atom stereocenters. The smallest absolute Gasteiger partial charge is 0.0568 e. The Balaban J connectivity index is 1.53. The van der Waals surface area contributed by atoms with E-state index in [1.807, 2.05) is 5.57 Å². The molecule has 0 bridgehead atoms. The van der Waals surface area contributed by atoms with Gasteiger partial charge >= 0.3 is 0 Å². The molecular formula is C30H52O. The Labute approximate surface area is 193 Å². The SMILES string of the molecule is CC(C)C(C)C(C)C[C@@H](C)[C@H]1CC[C@H]2C3=CC[C@H]4C(C)[C@@H](O)CC[C@]4(C)[C@H]3CC[C@]12C. The van der Waals surface area contributed by atoms with Crippen LogP contribution >= 0.6 is 0 Å². The van der Waals surface area contributed by atoms with Gasteiger partial charge in [0.05, 0.1) is 6.10 Å². The van der Waals surface area contributed by atoms with Crippen LogP contribution in [0.4, 0.5) is 0 Å². The van der Waals surface area contributed by atoms with Crippen LogP contribution in [-0.2, 0) is 0 Å².